The number of halogens is 1. The van der Waals surface area contributed by atoms with Crippen LogP contribution in [0.15, 0.2) is 47.0 Å². The Kier molecular flexibility index (Phi) is 4.90. The van der Waals surface area contributed by atoms with E-state index >= 15 is 0 Å². The molecular weight excluding hydrogens is 364 g/mol. The maximum atomic E-state index is 10.9. The lowest BCUT2D eigenvalue weighted by atomic mass is 10.1. The molecular formula is C16H11ClN4O5. The highest BCUT2D eigenvalue weighted by atomic mass is 35.5. The van der Waals surface area contributed by atoms with Crippen LogP contribution in [0.2, 0.25) is 5.02 Å². The lowest BCUT2D eigenvalue weighted by Gasteiger charge is -2.00. The molecule has 0 atom stereocenters. The van der Waals surface area contributed by atoms with Gasteiger partial charge in [0.05, 0.1) is 15.9 Å². The van der Waals surface area contributed by atoms with Crippen LogP contribution >= 0.6 is 11.6 Å². The van der Waals surface area contributed by atoms with E-state index in [1.54, 1.807) is 24.3 Å². The third kappa shape index (κ3) is 4.01. The number of nitro groups is 2. The van der Waals surface area contributed by atoms with Crippen molar-refractivity contribution >= 4 is 23.0 Å². The smallest absolute Gasteiger partial charge is 0.276 e. The van der Waals surface area contributed by atoms with Gasteiger partial charge in [0.1, 0.15) is 0 Å². The summed E-state index contributed by atoms with van der Waals surface area (Å²) >= 11 is 5.83. The quantitative estimate of drug-likeness (QED) is 0.471. The molecule has 0 spiro atoms. The Labute approximate surface area is 151 Å². The Bertz CT molecular complexity index is 939. The Balaban J connectivity index is 1.76. The zero-order valence-electron chi connectivity index (χ0n) is 13.2. The molecule has 1 heterocycles. The zero-order chi connectivity index (χ0) is 18.7. The highest BCUT2D eigenvalue weighted by Crippen LogP contribution is 2.24. The van der Waals surface area contributed by atoms with Gasteiger partial charge < -0.3 is 4.52 Å². The Morgan fingerprint density at radius 3 is 2.15 bits per heavy atom. The predicted molar refractivity (Wildman–Crippen MR) is 91.9 cm³/mol. The van der Waals surface area contributed by atoms with Crippen LogP contribution in [0.3, 0.4) is 0 Å². The van der Waals surface area contributed by atoms with Gasteiger partial charge in [-0.15, -0.1) is 0 Å². The molecule has 132 valence electrons. The molecule has 1 aromatic heterocycles. The van der Waals surface area contributed by atoms with E-state index in [4.69, 9.17) is 16.1 Å². The van der Waals surface area contributed by atoms with E-state index in [-0.39, 0.29) is 17.8 Å². The maximum Gasteiger partial charge on any atom is 0.276 e. The van der Waals surface area contributed by atoms with E-state index in [9.17, 15) is 20.2 Å². The lowest BCUT2D eigenvalue weighted by Crippen LogP contribution is -1.97. The number of non-ortho nitro benzene ring substituents is 2. The molecule has 0 aliphatic rings. The summed E-state index contributed by atoms with van der Waals surface area (Å²) in [6, 6.07) is 10.4. The van der Waals surface area contributed by atoms with Gasteiger partial charge in [0.25, 0.3) is 11.4 Å². The minimum atomic E-state index is -0.665. The molecule has 2 aromatic carbocycles. The SMILES string of the molecule is O=[N+]([O-])c1cc(CCc2nc(-c3ccc(Cl)cc3)no2)cc([N+](=O)[O-])c1. The molecule has 0 radical (unpaired) electrons. The van der Waals surface area contributed by atoms with Gasteiger partial charge in [-0.25, -0.2) is 0 Å². The number of benzene rings is 2. The monoisotopic (exact) mass is 374 g/mol. The van der Waals surface area contributed by atoms with Gasteiger partial charge in [-0.2, -0.15) is 4.98 Å². The van der Waals surface area contributed by atoms with E-state index in [1.807, 2.05) is 0 Å². The van der Waals surface area contributed by atoms with Crippen LogP contribution in [-0.2, 0) is 12.8 Å². The zero-order valence-corrected chi connectivity index (χ0v) is 13.9. The summed E-state index contributed by atoms with van der Waals surface area (Å²) in [5, 5.41) is 26.3. The largest absolute Gasteiger partial charge is 0.339 e. The number of rotatable bonds is 6. The molecule has 0 saturated carbocycles. The molecule has 0 amide bonds. The van der Waals surface area contributed by atoms with Gasteiger partial charge in [0, 0.05) is 29.1 Å². The number of aromatic nitrogens is 2. The summed E-state index contributed by atoms with van der Waals surface area (Å²) in [6.07, 6.45) is 0.573. The molecule has 3 aromatic rings. The second-order valence-electron chi connectivity index (χ2n) is 5.39. The van der Waals surface area contributed by atoms with Crippen molar-refractivity contribution in [3.63, 3.8) is 0 Å². The van der Waals surface area contributed by atoms with E-state index < -0.39 is 9.85 Å². The van der Waals surface area contributed by atoms with Crippen molar-refractivity contribution < 1.29 is 14.4 Å². The van der Waals surface area contributed by atoms with Crippen LogP contribution in [0.4, 0.5) is 11.4 Å². The molecule has 3 rings (SSSR count). The van der Waals surface area contributed by atoms with E-state index in [1.165, 1.54) is 12.1 Å². The van der Waals surface area contributed by atoms with Gasteiger partial charge in [-0.3, -0.25) is 20.2 Å². The third-order valence-electron chi connectivity index (χ3n) is 3.58. The van der Waals surface area contributed by atoms with Crippen LogP contribution in [-0.4, -0.2) is 20.0 Å². The Morgan fingerprint density at radius 1 is 0.962 bits per heavy atom. The van der Waals surface area contributed by atoms with Crippen molar-refractivity contribution in [3.05, 3.63) is 79.2 Å². The second kappa shape index (κ2) is 7.28. The van der Waals surface area contributed by atoms with Crippen molar-refractivity contribution in [2.45, 2.75) is 12.8 Å². The molecule has 0 N–H and O–H groups in total. The topological polar surface area (TPSA) is 125 Å². The fourth-order valence-electron chi connectivity index (χ4n) is 2.34. The second-order valence-corrected chi connectivity index (χ2v) is 5.83. The molecule has 0 aliphatic heterocycles. The van der Waals surface area contributed by atoms with Crippen LogP contribution in [0.1, 0.15) is 11.5 Å². The molecule has 10 heteroatoms. The Morgan fingerprint density at radius 2 is 1.58 bits per heavy atom. The first-order valence-corrected chi connectivity index (χ1v) is 7.81. The minimum Gasteiger partial charge on any atom is -0.339 e. The lowest BCUT2D eigenvalue weighted by molar-refractivity contribution is -0.394. The predicted octanol–water partition coefficient (Wildman–Crippen LogP) is 3.99. The number of hydrogen-bond acceptors (Lipinski definition) is 7. The minimum absolute atomic E-state index is 0.283. The van der Waals surface area contributed by atoms with Gasteiger partial charge in [-0.05, 0) is 36.2 Å². The standard InChI is InChI=1S/C16H11ClN4O5/c17-12-4-2-11(3-5-12)16-18-15(26-19-16)6-1-10-7-13(20(22)23)9-14(8-10)21(24)25/h2-5,7-9H,1,6H2. The summed E-state index contributed by atoms with van der Waals surface area (Å²) in [5.41, 5.74) is 0.510. The summed E-state index contributed by atoms with van der Waals surface area (Å²) in [6.45, 7) is 0. The fourth-order valence-corrected chi connectivity index (χ4v) is 2.46. The number of nitrogens with zero attached hydrogens (tertiary/aromatic N) is 4. The van der Waals surface area contributed by atoms with Crippen LogP contribution < -0.4 is 0 Å². The Hall–Kier alpha value is -3.33. The third-order valence-corrected chi connectivity index (χ3v) is 3.83. The molecule has 0 unspecified atom stereocenters. The van der Waals surface area contributed by atoms with Crippen molar-refractivity contribution in [1.29, 1.82) is 0 Å². The van der Waals surface area contributed by atoms with Gasteiger partial charge >= 0.3 is 0 Å². The fraction of sp³-hybridized carbons (Fsp3) is 0.125. The maximum absolute atomic E-state index is 10.9. The normalized spacial score (nSPS) is 10.7. The molecule has 9 nitrogen and oxygen atoms in total. The van der Waals surface area contributed by atoms with Crippen molar-refractivity contribution in [2.75, 3.05) is 0 Å². The summed E-state index contributed by atoms with van der Waals surface area (Å²) < 4.78 is 5.16. The van der Waals surface area contributed by atoms with Gasteiger partial charge in [0.2, 0.25) is 11.7 Å². The van der Waals surface area contributed by atoms with Crippen molar-refractivity contribution in [2.24, 2.45) is 0 Å². The van der Waals surface area contributed by atoms with E-state index in [0.29, 0.717) is 28.7 Å². The first-order valence-electron chi connectivity index (χ1n) is 7.43. The summed E-state index contributed by atoms with van der Waals surface area (Å²) in [4.78, 5) is 24.8. The average Bonchev–Trinajstić information content (AvgIpc) is 3.09. The molecule has 26 heavy (non-hydrogen) atoms. The van der Waals surface area contributed by atoms with E-state index in [0.717, 1.165) is 11.6 Å². The van der Waals surface area contributed by atoms with Crippen molar-refractivity contribution in [3.8, 4) is 11.4 Å². The van der Waals surface area contributed by atoms with Crippen LogP contribution in [0.25, 0.3) is 11.4 Å². The summed E-state index contributed by atoms with van der Waals surface area (Å²) in [5.74, 6) is 0.714. The number of aryl methyl sites for hydroxylation is 2. The van der Waals surface area contributed by atoms with Crippen LogP contribution in [0, 0.1) is 20.2 Å². The molecule has 0 aliphatic carbocycles. The number of hydrogen-bond donors (Lipinski definition) is 0. The van der Waals surface area contributed by atoms with Gasteiger partial charge in [-0.1, -0.05) is 16.8 Å². The van der Waals surface area contributed by atoms with Gasteiger partial charge in [0.15, 0.2) is 0 Å². The highest BCUT2D eigenvalue weighted by Gasteiger charge is 2.17. The number of nitro benzene ring substituents is 2. The highest BCUT2D eigenvalue weighted by molar-refractivity contribution is 6.30. The van der Waals surface area contributed by atoms with Crippen LogP contribution in [0.5, 0.6) is 0 Å². The van der Waals surface area contributed by atoms with Crippen molar-refractivity contribution in [1.82, 2.24) is 10.1 Å². The van der Waals surface area contributed by atoms with E-state index in [2.05, 4.69) is 10.1 Å². The first kappa shape index (κ1) is 17.5. The first-order chi connectivity index (χ1) is 12.4. The summed E-state index contributed by atoms with van der Waals surface area (Å²) in [7, 11) is 0. The molecule has 0 fully saturated rings. The molecule has 0 bridgehead atoms. The molecule has 0 saturated heterocycles. The average molecular weight is 375 g/mol.